The number of ether oxygens (including phenoxy) is 1. The standard InChI is InChI=1S/C13H17N5O/c1-8-10(6-14-3)9(2)18-13(17-8)11-5-12(19-4)16-7-15-11/h5,7,14H,6H2,1-4H3. The van der Waals surface area contributed by atoms with Crippen molar-refractivity contribution in [2.45, 2.75) is 20.4 Å². The number of aryl methyl sites for hydroxylation is 2. The van der Waals surface area contributed by atoms with Gasteiger partial charge in [0.05, 0.1) is 7.11 Å². The molecule has 0 fully saturated rings. The minimum absolute atomic E-state index is 0.503. The molecule has 0 radical (unpaired) electrons. The highest BCUT2D eigenvalue weighted by atomic mass is 16.5. The molecule has 6 heteroatoms. The van der Waals surface area contributed by atoms with Gasteiger partial charge in [-0.1, -0.05) is 0 Å². The van der Waals surface area contributed by atoms with Gasteiger partial charge in [0.15, 0.2) is 5.82 Å². The Labute approximate surface area is 112 Å². The maximum Gasteiger partial charge on any atom is 0.216 e. The van der Waals surface area contributed by atoms with Crippen LogP contribution in [0.3, 0.4) is 0 Å². The summed E-state index contributed by atoms with van der Waals surface area (Å²) in [5.74, 6) is 1.10. The first-order valence-corrected chi connectivity index (χ1v) is 6.00. The van der Waals surface area contributed by atoms with Crippen LogP contribution in [0.15, 0.2) is 12.4 Å². The van der Waals surface area contributed by atoms with Crippen molar-refractivity contribution in [2.75, 3.05) is 14.2 Å². The fourth-order valence-electron chi connectivity index (χ4n) is 1.86. The Morgan fingerprint density at radius 1 is 1.16 bits per heavy atom. The summed E-state index contributed by atoms with van der Waals surface area (Å²) in [5, 5.41) is 3.12. The highest BCUT2D eigenvalue weighted by molar-refractivity contribution is 5.51. The lowest BCUT2D eigenvalue weighted by Crippen LogP contribution is -2.11. The van der Waals surface area contributed by atoms with Crippen LogP contribution in [-0.2, 0) is 6.54 Å². The first kappa shape index (κ1) is 13.4. The highest BCUT2D eigenvalue weighted by Crippen LogP contribution is 2.19. The maximum atomic E-state index is 5.08. The normalized spacial score (nSPS) is 10.5. The summed E-state index contributed by atoms with van der Waals surface area (Å²) in [6, 6.07) is 1.73. The molecule has 0 amide bonds. The fraction of sp³-hybridized carbons (Fsp3) is 0.385. The monoisotopic (exact) mass is 259 g/mol. The van der Waals surface area contributed by atoms with Crippen molar-refractivity contribution in [3.8, 4) is 17.4 Å². The van der Waals surface area contributed by atoms with Crippen LogP contribution in [0.25, 0.3) is 11.5 Å². The van der Waals surface area contributed by atoms with Crippen LogP contribution in [-0.4, -0.2) is 34.1 Å². The second kappa shape index (κ2) is 5.71. The maximum absolute atomic E-state index is 5.08. The van der Waals surface area contributed by atoms with Crippen molar-refractivity contribution >= 4 is 0 Å². The second-order valence-electron chi connectivity index (χ2n) is 4.17. The van der Waals surface area contributed by atoms with E-state index in [1.807, 2.05) is 20.9 Å². The van der Waals surface area contributed by atoms with E-state index in [0.29, 0.717) is 17.4 Å². The van der Waals surface area contributed by atoms with Crippen molar-refractivity contribution in [3.63, 3.8) is 0 Å². The minimum atomic E-state index is 0.503. The first-order valence-electron chi connectivity index (χ1n) is 6.00. The number of methoxy groups -OCH3 is 1. The first-order chi connectivity index (χ1) is 9.15. The fourth-order valence-corrected chi connectivity index (χ4v) is 1.86. The summed E-state index contributed by atoms with van der Waals surface area (Å²) in [6.45, 7) is 4.71. The van der Waals surface area contributed by atoms with Crippen LogP contribution in [0.2, 0.25) is 0 Å². The van der Waals surface area contributed by atoms with Crippen LogP contribution in [0, 0.1) is 13.8 Å². The second-order valence-corrected chi connectivity index (χ2v) is 4.17. The quantitative estimate of drug-likeness (QED) is 0.891. The van der Waals surface area contributed by atoms with E-state index in [1.165, 1.54) is 6.33 Å². The van der Waals surface area contributed by atoms with Crippen molar-refractivity contribution in [1.29, 1.82) is 0 Å². The molecule has 0 spiro atoms. The van der Waals surface area contributed by atoms with Gasteiger partial charge in [0.25, 0.3) is 0 Å². The number of nitrogens with one attached hydrogen (secondary N) is 1. The van der Waals surface area contributed by atoms with Crippen molar-refractivity contribution < 1.29 is 4.74 Å². The lowest BCUT2D eigenvalue weighted by atomic mass is 10.1. The van der Waals surface area contributed by atoms with Crippen molar-refractivity contribution in [3.05, 3.63) is 29.3 Å². The van der Waals surface area contributed by atoms with Gasteiger partial charge in [-0.2, -0.15) is 0 Å². The van der Waals surface area contributed by atoms with E-state index >= 15 is 0 Å². The molecule has 2 aromatic rings. The van der Waals surface area contributed by atoms with Crippen LogP contribution < -0.4 is 10.1 Å². The topological polar surface area (TPSA) is 72.8 Å². The smallest absolute Gasteiger partial charge is 0.216 e. The number of nitrogens with zero attached hydrogens (tertiary/aromatic N) is 4. The summed E-state index contributed by atoms with van der Waals surface area (Å²) in [6.07, 6.45) is 1.45. The Morgan fingerprint density at radius 2 is 1.84 bits per heavy atom. The number of rotatable bonds is 4. The molecule has 19 heavy (non-hydrogen) atoms. The van der Waals surface area contributed by atoms with Crippen molar-refractivity contribution in [2.24, 2.45) is 0 Å². The predicted octanol–water partition coefficient (Wildman–Crippen LogP) is 1.28. The Morgan fingerprint density at radius 3 is 2.42 bits per heavy atom. The molecule has 0 saturated carbocycles. The predicted molar refractivity (Wildman–Crippen MR) is 71.8 cm³/mol. The SMILES string of the molecule is CNCc1c(C)nc(-c2cc(OC)ncn2)nc1C. The third kappa shape index (κ3) is 2.85. The van der Waals surface area contributed by atoms with Gasteiger partial charge in [-0.05, 0) is 20.9 Å². The molecule has 0 aromatic carbocycles. The molecule has 1 N–H and O–H groups in total. The minimum Gasteiger partial charge on any atom is -0.481 e. The molecular formula is C13H17N5O. The molecule has 2 heterocycles. The molecule has 0 aliphatic carbocycles. The summed E-state index contributed by atoms with van der Waals surface area (Å²) in [4.78, 5) is 17.2. The zero-order valence-corrected chi connectivity index (χ0v) is 11.6. The van der Waals surface area contributed by atoms with E-state index in [0.717, 1.165) is 23.5 Å². The Bertz CT molecular complexity index is 562. The van der Waals surface area contributed by atoms with Gasteiger partial charge < -0.3 is 10.1 Å². The molecule has 0 aliphatic heterocycles. The number of aromatic nitrogens is 4. The average molecular weight is 259 g/mol. The number of hydrogen-bond acceptors (Lipinski definition) is 6. The van der Waals surface area contributed by atoms with Crippen molar-refractivity contribution in [1.82, 2.24) is 25.3 Å². The largest absolute Gasteiger partial charge is 0.481 e. The van der Waals surface area contributed by atoms with Gasteiger partial charge in [0, 0.05) is 29.6 Å². The Balaban J connectivity index is 2.45. The third-order valence-electron chi connectivity index (χ3n) is 2.85. The van der Waals surface area contributed by atoms with Gasteiger partial charge in [0.2, 0.25) is 5.88 Å². The van der Waals surface area contributed by atoms with Crippen LogP contribution in [0.1, 0.15) is 17.0 Å². The lowest BCUT2D eigenvalue weighted by molar-refractivity contribution is 0.397. The molecule has 0 unspecified atom stereocenters. The van der Waals surface area contributed by atoms with Gasteiger partial charge in [-0.15, -0.1) is 0 Å². The van der Waals surface area contributed by atoms with Gasteiger partial charge in [-0.25, -0.2) is 19.9 Å². The molecule has 0 saturated heterocycles. The molecular weight excluding hydrogens is 242 g/mol. The van der Waals surface area contributed by atoms with E-state index < -0.39 is 0 Å². The molecule has 2 aromatic heterocycles. The Hall–Kier alpha value is -2.08. The molecule has 6 nitrogen and oxygen atoms in total. The van der Waals surface area contributed by atoms with E-state index in [9.17, 15) is 0 Å². The number of hydrogen-bond donors (Lipinski definition) is 1. The zero-order valence-electron chi connectivity index (χ0n) is 11.6. The summed E-state index contributed by atoms with van der Waals surface area (Å²) >= 11 is 0. The van der Waals surface area contributed by atoms with Crippen LogP contribution in [0.5, 0.6) is 5.88 Å². The lowest BCUT2D eigenvalue weighted by Gasteiger charge is -2.10. The molecule has 0 aliphatic rings. The zero-order chi connectivity index (χ0) is 13.8. The highest BCUT2D eigenvalue weighted by Gasteiger charge is 2.11. The average Bonchev–Trinajstić information content (AvgIpc) is 2.42. The molecule has 2 rings (SSSR count). The van der Waals surface area contributed by atoms with E-state index in [1.54, 1.807) is 13.2 Å². The summed E-state index contributed by atoms with van der Waals surface area (Å²) in [5.41, 5.74) is 3.69. The summed E-state index contributed by atoms with van der Waals surface area (Å²) in [7, 11) is 3.47. The molecule has 0 bridgehead atoms. The van der Waals surface area contributed by atoms with Crippen LogP contribution >= 0.6 is 0 Å². The summed E-state index contributed by atoms with van der Waals surface area (Å²) < 4.78 is 5.08. The van der Waals surface area contributed by atoms with E-state index in [-0.39, 0.29) is 0 Å². The van der Waals surface area contributed by atoms with E-state index in [4.69, 9.17) is 4.74 Å². The molecule has 100 valence electrons. The third-order valence-corrected chi connectivity index (χ3v) is 2.85. The van der Waals surface area contributed by atoms with E-state index in [2.05, 4.69) is 25.3 Å². The van der Waals surface area contributed by atoms with Gasteiger partial charge >= 0.3 is 0 Å². The Kier molecular flexibility index (Phi) is 4.01. The van der Waals surface area contributed by atoms with Gasteiger partial charge in [-0.3, -0.25) is 0 Å². The van der Waals surface area contributed by atoms with Crippen LogP contribution in [0.4, 0.5) is 0 Å². The van der Waals surface area contributed by atoms with Gasteiger partial charge in [0.1, 0.15) is 12.0 Å². The molecule has 0 atom stereocenters.